The van der Waals surface area contributed by atoms with E-state index in [0.29, 0.717) is 0 Å². The molecule has 3 nitrogen and oxygen atoms in total. The average molecular weight is 256 g/mol. The van der Waals surface area contributed by atoms with Gasteiger partial charge in [0.1, 0.15) is 0 Å². The molecule has 0 heterocycles. The van der Waals surface area contributed by atoms with Gasteiger partial charge >= 0.3 is 110 Å². The molecule has 0 saturated carbocycles. The van der Waals surface area contributed by atoms with E-state index in [1.54, 1.807) is 0 Å². The maximum atomic E-state index is 8.56. The Morgan fingerprint density at radius 2 is 1.10 bits per heavy atom. The maximum absolute atomic E-state index is 8.56. The van der Waals surface area contributed by atoms with E-state index < -0.39 is 6.16 Å². The molecule has 0 aromatic carbocycles. The first-order chi connectivity index (χ1) is 1.73. The first kappa shape index (κ1) is 49.8. The van der Waals surface area contributed by atoms with Gasteiger partial charge in [0.15, 0.2) is 0 Å². The second-order valence-corrected chi connectivity index (χ2v) is 0.283. The minimum Gasteiger partial charge on any atom is -1.00 e. The van der Waals surface area contributed by atoms with Crippen LogP contribution in [0.15, 0.2) is 0 Å². The summed E-state index contributed by atoms with van der Waals surface area (Å²) >= 11 is 0. The zero-order valence-electron chi connectivity index (χ0n) is 6.64. The van der Waals surface area contributed by atoms with Gasteiger partial charge in [-0.15, -0.1) is 0 Å². The van der Waals surface area contributed by atoms with Crippen LogP contribution in [0.3, 0.4) is 0 Å². The summed E-state index contributed by atoms with van der Waals surface area (Å²) in [4.78, 5) is 8.56. The molecule has 0 aromatic rings. The molecule has 0 aliphatic heterocycles. The number of hydrogen-bond donors (Lipinski definition) is 2. The van der Waals surface area contributed by atoms with Crippen LogP contribution in [0.1, 0.15) is 1.43 Å². The Hall–Kier alpha value is 3.54. The molecule has 0 aliphatic carbocycles. The zero-order valence-corrected chi connectivity index (χ0v) is 14.4. The first-order valence-corrected chi connectivity index (χ1v) is 0.651. The second-order valence-electron chi connectivity index (χ2n) is 0.283. The molecule has 0 radical (unpaired) electrons. The smallest absolute Gasteiger partial charge is 1.00 e. The predicted octanol–water partition coefficient (Wildman–Crippen LogP) is -15.0. The molecule has 0 unspecified atom stereocenters. The van der Waals surface area contributed by atoms with Crippen LogP contribution < -0.4 is 118 Å². The minimum absolute atomic E-state index is 0. The van der Waals surface area contributed by atoms with Crippen molar-refractivity contribution < 1.29 is 135 Å². The van der Waals surface area contributed by atoms with Gasteiger partial charge < -0.3 is 48.9 Å². The van der Waals surface area contributed by atoms with Gasteiger partial charge in [-0.05, 0) is 0 Å². The van der Waals surface area contributed by atoms with E-state index in [2.05, 4.69) is 0 Å². The SMILES string of the molecule is O=C(O)O.[Cl-].[Cl-].[Cl-].[H-].[K+].[Mg+2].[Na+]. The summed E-state index contributed by atoms with van der Waals surface area (Å²) in [7, 11) is 0. The normalized spacial score (nSPS) is 2.40. The molecule has 10 heavy (non-hydrogen) atoms. The topological polar surface area (TPSA) is 57.5 Å². The van der Waals surface area contributed by atoms with Crippen LogP contribution in [0.2, 0.25) is 0 Å². The molecule has 0 saturated heterocycles. The van der Waals surface area contributed by atoms with Crippen LogP contribution in [0.25, 0.3) is 0 Å². The van der Waals surface area contributed by atoms with Crippen molar-refractivity contribution in [2.45, 2.75) is 0 Å². The van der Waals surface area contributed by atoms with Gasteiger partial charge in [0.25, 0.3) is 0 Å². The van der Waals surface area contributed by atoms with Gasteiger partial charge in [0.05, 0.1) is 0 Å². The van der Waals surface area contributed by atoms with E-state index in [0.717, 1.165) is 0 Å². The third kappa shape index (κ3) is 102. The molecule has 9 heteroatoms. The van der Waals surface area contributed by atoms with E-state index in [-0.39, 0.29) is 143 Å². The third-order valence-electron chi connectivity index (χ3n) is 0. The molecule has 0 fully saturated rings. The van der Waals surface area contributed by atoms with E-state index in [1.165, 1.54) is 0 Å². The summed E-state index contributed by atoms with van der Waals surface area (Å²) in [5.74, 6) is 0. The summed E-state index contributed by atoms with van der Waals surface area (Å²) in [5.41, 5.74) is 0. The van der Waals surface area contributed by atoms with Crippen LogP contribution >= 0.6 is 0 Å². The fourth-order valence-corrected chi connectivity index (χ4v) is 0. The molecular formula is CH3Cl3KMgNaO3. The summed E-state index contributed by atoms with van der Waals surface area (Å²) in [5, 5.41) is 13.9. The molecule has 0 aliphatic rings. The standard InChI is InChI=1S/CH2O3.3ClH.K.Mg.Na.H/c2-1(3)4;;;;;;;/h(H2,2,3,4);3*1H;;;;/q;;;;+1;+2;+1;-1/p-3. The van der Waals surface area contributed by atoms with Gasteiger partial charge in [-0.25, -0.2) is 4.79 Å². The monoisotopic (exact) mass is 254 g/mol. The van der Waals surface area contributed by atoms with Crippen LogP contribution in [0.4, 0.5) is 4.79 Å². The van der Waals surface area contributed by atoms with Gasteiger partial charge in [0, 0.05) is 0 Å². The van der Waals surface area contributed by atoms with Crippen molar-refractivity contribution in [1.82, 2.24) is 0 Å². The fraction of sp³-hybridized carbons (Fsp3) is 0. The number of hydrogen-bond acceptors (Lipinski definition) is 1. The Morgan fingerprint density at radius 3 is 1.10 bits per heavy atom. The third-order valence-corrected chi connectivity index (χ3v) is 0. The Kier molecular flexibility index (Phi) is 194. The molecule has 0 spiro atoms. The van der Waals surface area contributed by atoms with Gasteiger partial charge in [0.2, 0.25) is 0 Å². The molecule has 0 bridgehead atoms. The Balaban J connectivity index is -0.00000000214. The summed E-state index contributed by atoms with van der Waals surface area (Å²) in [6.45, 7) is 0. The van der Waals surface area contributed by atoms with Crippen molar-refractivity contribution in [3.8, 4) is 0 Å². The van der Waals surface area contributed by atoms with Gasteiger partial charge in [-0.1, -0.05) is 0 Å². The van der Waals surface area contributed by atoms with Crippen molar-refractivity contribution in [3.63, 3.8) is 0 Å². The van der Waals surface area contributed by atoms with E-state index >= 15 is 0 Å². The van der Waals surface area contributed by atoms with E-state index in [1.807, 2.05) is 0 Å². The molecule has 0 aromatic heterocycles. The average Bonchev–Trinajstić information content (AvgIpc) is 0.811. The van der Waals surface area contributed by atoms with Gasteiger partial charge in [-0.2, -0.15) is 0 Å². The predicted molar refractivity (Wildman–Crippen MR) is 17.5 cm³/mol. The summed E-state index contributed by atoms with van der Waals surface area (Å²) in [6.07, 6.45) is -1.83. The molecule has 0 rings (SSSR count). The molecule has 0 atom stereocenters. The van der Waals surface area contributed by atoms with Crippen LogP contribution in [0, 0.1) is 0 Å². The first-order valence-electron chi connectivity index (χ1n) is 0.651. The largest absolute Gasteiger partial charge is 2.00 e. The van der Waals surface area contributed by atoms with E-state index in [4.69, 9.17) is 15.0 Å². The number of carbonyl (C=O) groups is 1. The van der Waals surface area contributed by atoms with Crippen molar-refractivity contribution in [1.29, 1.82) is 0 Å². The second kappa shape index (κ2) is 39.0. The zero-order chi connectivity index (χ0) is 3.58. The van der Waals surface area contributed by atoms with Gasteiger partial charge in [-0.3, -0.25) is 0 Å². The van der Waals surface area contributed by atoms with Crippen molar-refractivity contribution >= 4 is 29.2 Å². The molecule has 0 amide bonds. The maximum Gasteiger partial charge on any atom is 2.00 e. The number of halogens is 3. The van der Waals surface area contributed by atoms with Crippen LogP contribution in [-0.4, -0.2) is 39.4 Å². The minimum atomic E-state index is -1.83. The van der Waals surface area contributed by atoms with Crippen molar-refractivity contribution in [2.75, 3.05) is 0 Å². The quantitative estimate of drug-likeness (QED) is 0.423. The fourth-order valence-electron chi connectivity index (χ4n) is 0. The molecular weight excluding hydrogens is 253 g/mol. The van der Waals surface area contributed by atoms with Crippen LogP contribution in [-0.2, 0) is 0 Å². The Labute approximate surface area is 160 Å². The summed E-state index contributed by atoms with van der Waals surface area (Å²) < 4.78 is 0. The number of rotatable bonds is 0. The molecule has 2 N–H and O–H groups in total. The van der Waals surface area contributed by atoms with Crippen molar-refractivity contribution in [2.24, 2.45) is 0 Å². The Morgan fingerprint density at radius 1 is 1.10 bits per heavy atom. The van der Waals surface area contributed by atoms with E-state index in [9.17, 15) is 0 Å². The molecule has 50 valence electrons. The Bertz CT molecular complexity index is 51.6. The summed E-state index contributed by atoms with van der Waals surface area (Å²) in [6, 6.07) is 0. The number of carboxylic acid groups (broad SMARTS) is 2. The van der Waals surface area contributed by atoms with Crippen LogP contribution in [0.5, 0.6) is 0 Å². The van der Waals surface area contributed by atoms with Crippen molar-refractivity contribution in [3.05, 3.63) is 0 Å².